The lowest BCUT2D eigenvalue weighted by Crippen LogP contribution is -2.09. The summed E-state index contributed by atoms with van der Waals surface area (Å²) in [5.41, 5.74) is 6.29. The molecule has 13 heavy (non-hydrogen) atoms. The summed E-state index contributed by atoms with van der Waals surface area (Å²) in [6.45, 7) is 3.68. The fourth-order valence-electron chi connectivity index (χ4n) is 1.11. The molecule has 0 aromatic heterocycles. The maximum atomic E-state index is 4.26. The molecule has 0 radical (unpaired) electrons. The Hall–Kier alpha value is -1.51. The second-order valence-electron chi connectivity index (χ2n) is 3.14. The zero-order valence-electron chi connectivity index (χ0n) is 8.36. The predicted octanol–water partition coefficient (Wildman–Crippen LogP) is 2.02. The number of hydrogen-bond donors (Lipinski definition) is 0. The Balaban J connectivity index is 2.97. The summed E-state index contributed by atoms with van der Waals surface area (Å²) in [7, 11) is 5.81. The van der Waals surface area contributed by atoms with Gasteiger partial charge in [-0.3, -0.25) is 4.68 Å². The molecule has 0 heterocycles. The van der Waals surface area contributed by atoms with Crippen molar-refractivity contribution in [2.24, 2.45) is 0 Å². The zero-order valence-corrected chi connectivity index (χ0v) is 8.36. The normalized spacial score (nSPS) is 9.46. The van der Waals surface area contributed by atoms with Crippen LogP contribution in [-0.2, 0) is 0 Å². The first-order valence-corrected chi connectivity index (χ1v) is 4.13. The van der Waals surface area contributed by atoms with Crippen molar-refractivity contribution in [2.45, 2.75) is 0 Å². The SMILES string of the molecule is C=[N+](C)[N-]c1ccccc1N(C)C. The zero-order chi connectivity index (χ0) is 9.84. The van der Waals surface area contributed by atoms with E-state index in [1.165, 1.54) is 0 Å². The van der Waals surface area contributed by atoms with Crippen LogP contribution in [0, 0.1) is 0 Å². The minimum absolute atomic E-state index is 0.935. The Labute approximate surface area is 79.3 Å². The molecule has 0 saturated carbocycles. The van der Waals surface area contributed by atoms with E-state index in [1.54, 1.807) is 4.68 Å². The van der Waals surface area contributed by atoms with E-state index in [0.717, 1.165) is 11.4 Å². The Bertz CT molecular complexity index is 305. The van der Waals surface area contributed by atoms with Gasteiger partial charge in [-0.2, -0.15) is 0 Å². The molecule has 1 aromatic rings. The maximum absolute atomic E-state index is 4.26. The summed E-state index contributed by atoms with van der Waals surface area (Å²) in [6, 6.07) is 7.96. The van der Waals surface area contributed by atoms with Crippen molar-refractivity contribution in [1.82, 2.24) is 0 Å². The molecule has 0 fully saturated rings. The van der Waals surface area contributed by atoms with Crippen molar-refractivity contribution in [3.05, 3.63) is 29.7 Å². The summed E-state index contributed by atoms with van der Waals surface area (Å²) >= 11 is 0. The highest BCUT2D eigenvalue weighted by Gasteiger charge is 1.96. The molecule has 1 aromatic carbocycles. The van der Waals surface area contributed by atoms with Gasteiger partial charge in [0.25, 0.3) is 0 Å². The minimum Gasteiger partial charge on any atom is -0.409 e. The molecule has 70 valence electrons. The van der Waals surface area contributed by atoms with E-state index < -0.39 is 0 Å². The van der Waals surface area contributed by atoms with Crippen LogP contribution in [0.1, 0.15) is 0 Å². The number of nitrogens with zero attached hydrogens (tertiary/aromatic N) is 3. The third kappa shape index (κ3) is 2.47. The fraction of sp³-hybridized carbons (Fsp3) is 0.300. The van der Waals surface area contributed by atoms with Gasteiger partial charge in [0.1, 0.15) is 13.8 Å². The summed E-state index contributed by atoms with van der Waals surface area (Å²) in [6.07, 6.45) is 0. The molecule has 0 aliphatic carbocycles. The van der Waals surface area contributed by atoms with E-state index in [1.807, 2.05) is 50.3 Å². The third-order valence-electron chi connectivity index (χ3n) is 1.64. The molecule has 0 saturated heterocycles. The molecule has 3 heteroatoms. The van der Waals surface area contributed by atoms with Gasteiger partial charge in [0.15, 0.2) is 0 Å². The largest absolute Gasteiger partial charge is 0.409 e. The Morgan fingerprint density at radius 2 is 1.92 bits per heavy atom. The van der Waals surface area contributed by atoms with E-state index in [2.05, 4.69) is 12.1 Å². The average Bonchev–Trinajstić information content (AvgIpc) is 2.03. The van der Waals surface area contributed by atoms with Gasteiger partial charge in [-0.1, -0.05) is 23.9 Å². The highest BCUT2D eigenvalue weighted by atomic mass is 15.4. The topological polar surface area (TPSA) is 20.4 Å². The van der Waals surface area contributed by atoms with Crippen LogP contribution >= 0.6 is 0 Å². The van der Waals surface area contributed by atoms with Gasteiger partial charge >= 0.3 is 0 Å². The standard InChI is InChI=1S/C10H15N3/c1-12(2)10-8-6-5-7-9(10)11-13(3)4/h5-8H,3H2,1-2,4H3. The lowest BCUT2D eigenvalue weighted by atomic mass is 10.2. The summed E-state index contributed by atoms with van der Waals surface area (Å²) in [4.78, 5) is 2.03. The van der Waals surface area contributed by atoms with Gasteiger partial charge in [0.2, 0.25) is 0 Å². The summed E-state index contributed by atoms with van der Waals surface area (Å²) in [5.74, 6) is 0. The highest BCUT2D eigenvalue weighted by molar-refractivity contribution is 5.70. The molecule has 0 amide bonds. The van der Waals surface area contributed by atoms with E-state index in [-0.39, 0.29) is 0 Å². The van der Waals surface area contributed by atoms with Crippen LogP contribution in [0.4, 0.5) is 11.4 Å². The maximum Gasteiger partial charge on any atom is 0.127 e. The molecule has 0 N–H and O–H groups in total. The average molecular weight is 177 g/mol. The van der Waals surface area contributed by atoms with Crippen molar-refractivity contribution >= 4 is 18.1 Å². The number of anilines is 1. The Morgan fingerprint density at radius 3 is 2.46 bits per heavy atom. The number of hydrogen-bond acceptors (Lipinski definition) is 1. The van der Waals surface area contributed by atoms with Crippen LogP contribution in [0.3, 0.4) is 0 Å². The van der Waals surface area contributed by atoms with E-state index >= 15 is 0 Å². The third-order valence-corrected chi connectivity index (χ3v) is 1.64. The quantitative estimate of drug-likeness (QED) is 0.393. The molecule has 0 atom stereocenters. The van der Waals surface area contributed by atoms with Crippen LogP contribution < -0.4 is 4.90 Å². The fourth-order valence-corrected chi connectivity index (χ4v) is 1.11. The van der Waals surface area contributed by atoms with Gasteiger partial charge < -0.3 is 10.3 Å². The molecule has 0 aliphatic rings. The van der Waals surface area contributed by atoms with Gasteiger partial charge in [-0.15, -0.1) is 0 Å². The first-order chi connectivity index (χ1) is 6.11. The molecule has 0 bridgehead atoms. The van der Waals surface area contributed by atoms with Crippen LogP contribution in [0.15, 0.2) is 24.3 Å². The first kappa shape index (κ1) is 9.58. The number of rotatable bonds is 3. The van der Waals surface area contributed by atoms with Crippen molar-refractivity contribution in [3.63, 3.8) is 0 Å². The van der Waals surface area contributed by atoms with Crippen molar-refractivity contribution in [3.8, 4) is 0 Å². The molecule has 0 spiro atoms. The van der Waals surface area contributed by atoms with Crippen LogP contribution in [0.25, 0.3) is 5.43 Å². The molecule has 1 rings (SSSR count). The Morgan fingerprint density at radius 1 is 1.31 bits per heavy atom. The van der Waals surface area contributed by atoms with Crippen molar-refractivity contribution in [1.29, 1.82) is 0 Å². The smallest absolute Gasteiger partial charge is 0.127 e. The van der Waals surface area contributed by atoms with Gasteiger partial charge in [0, 0.05) is 19.8 Å². The summed E-state index contributed by atoms with van der Waals surface area (Å²) in [5, 5.41) is 0. The predicted molar refractivity (Wildman–Crippen MR) is 57.1 cm³/mol. The van der Waals surface area contributed by atoms with E-state index in [0.29, 0.717) is 0 Å². The van der Waals surface area contributed by atoms with E-state index in [4.69, 9.17) is 0 Å². The molecular weight excluding hydrogens is 162 g/mol. The second-order valence-corrected chi connectivity index (χ2v) is 3.14. The second kappa shape index (κ2) is 3.94. The van der Waals surface area contributed by atoms with Gasteiger partial charge in [-0.05, 0) is 6.07 Å². The van der Waals surface area contributed by atoms with Crippen LogP contribution in [0.5, 0.6) is 0 Å². The lowest BCUT2D eigenvalue weighted by molar-refractivity contribution is -0.428. The van der Waals surface area contributed by atoms with Gasteiger partial charge in [-0.25, -0.2) is 0 Å². The summed E-state index contributed by atoms with van der Waals surface area (Å²) < 4.78 is 1.56. The van der Waals surface area contributed by atoms with Crippen molar-refractivity contribution < 1.29 is 4.68 Å². The molecule has 0 aliphatic heterocycles. The Kier molecular flexibility index (Phi) is 2.90. The van der Waals surface area contributed by atoms with Crippen LogP contribution in [-0.4, -0.2) is 32.5 Å². The van der Waals surface area contributed by atoms with E-state index in [9.17, 15) is 0 Å². The molecule has 3 nitrogen and oxygen atoms in total. The molecular formula is C10H15N3. The molecule has 0 unspecified atom stereocenters. The number of para-hydroxylation sites is 1. The lowest BCUT2D eigenvalue weighted by Gasteiger charge is -2.23. The van der Waals surface area contributed by atoms with Gasteiger partial charge in [0.05, 0.1) is 0 Å². The first-order valence-electron chi connectivity index (χ1n) is 4.13. The minimum atomic E-state index is 0.935. The highest BCUT2D eigenvalue weighted by Crippen LogP contribution is 2.29. The number of benzene rings is 1. The van der Waals surface area contributed by atoms with Crippen molar-refractivity contribution in [2.75, 3.05) is 26.0 Å². The van der Waals surface area contributed by atoms with Crippen LogP contribution in [0.2, 0.25) is 0 Å². The monoisotopic (exact) mass is 177 g/mol.